The van der Waals surface area contributed by atoms with E-state index in [2.05, 4.69) is 15.1 Å². The molecule has 3 aromatic heterocycles. The number of carbonyl (C=O) groups is 1. The number of ketones is 1. The minimum atomic E-state index is -0.290. The minimum Gasteiger partial charge on any atom is -0.368 e. The van der Waals surface area contributed by atoms with Crippen LogP contribution in [0.25, 0.3) is 11.2 Å². The van der Waals surface area contributed by atoms with Gasteiger partial charge in [0.15, 0.2) is 11.6 Å². The number of fused-ring (bicyclic) bond motifs is 1. The van der Waals surface area contributed by atoms with Crippen molar-refractivity contribution in [3.8, 4) is 5.69 Å². The van der Waals surface area contributed by atoms with E-state index in [1.54, 1.807) is 12.3 Å². The Morgan fingerprint density at radius 2 is 1.97 bits per heavy atom. The van der Waals surface area contributed by atoms with E-state index in [0.717, 1.165) is 6.42 Å². The number of Topliss-reactive ketones (excluding diaryl/α,β-unsaturated/α-hetero) is 1. The molecule has 0 fully saturated rings. The van der Waals surface area contributed by atoms with Crippen LogP contribution in [-0.4, -0.2) is 36.5 Å². The summed E-state index contributed by atoms with van der Waals surface area (Å²) >= 11 is 6.26. The van der Waals surface area contributed by atoms with Crippen LogP contribution in [0.3, 0.4) is 0 Å². The average Bonchev–Trinajstić information content (AvgIpc) is 3.14. The normalized spacial score (nSPS) is 11.1. The molecule has 1 aromatic carbocycles. The molecule has 0 saturated heterocycles. The molecule has 0 aliphatic heterocycles. The largest absolute Gasteiger partial charge is 0.368 e. The van der Waals surface area contributed by atoms with Crippen LogP contribution in [0.2, 0.25) is 5.02 Å². The smallest absolute Gasteiger partial charge is 0.284 e. The van der Waals surface area contributed by atoms with Gasteiger partial charge in [-0.15, -0.1) is 0 Å². The molecule has 4 aromatic rings. The number of hydrogen-bond donors (Lipinski definition) is 1. The summed E-state index contributed by atoms with van der Waals surface area (Å²) in [6, 6.07) is 10.8. The Morgan fingerprint density at radius 1 is 1.22 bits per heavy atom. The Bertz CT molecular complexity index is 1350. The van der Waals surface area contributed by atoms with Crippen molar-refractivity contribution in [1.29, 1.82) is 0 Å². The first kappa shape index (κ1) is 21.5. The monoisotopic (exact) mass is 451 g/mol. The van der Waals surface area contributed by atoms with Crippen molar-refractivity contribution in [2.24, 2.45) is 0 Å². The highest BCUT2D eigenvalue weighted by Gasteiger charge is 2.22. The number of para-hydroxylation sites is 1. The van der Waals surface area contributed by atoms with Crippen molar-refractivity contribution in [3.63, 3.8) is 0 Å². The summed E-state index contributed by atoms with van der Waals surface area (Å²) in [7, 11) is 0. The first-order chi connectivity index (χ1) is 15.4. The molecule has 0 radical (unpaired) electrons. The summed E-state index contributed by atoms with van der Waals surface area (Å²) in [4.78, 5) is 35.8. The summed E-state index contributed by atoms with van der Waals surface area (Å²) in [5, 5.41) is 5.00. The van der Waals surface area contributed by atoms with Gasteiger partial charge in [-0.1, -0.05) is 36.7 Å². The lowest BCUT2D eigenvalue weighted by molar-refractivity contribution is 0.101. The Labute approximate surface area is 189 Å². The van der Waals surface area contributed by atoms with Gasteiger partial charge in [-0.3, -0.25) is 14.2 Å². The maximum absolute atomic E-state index is 13.4. The van der Waals surface area contributed by atoms with Crippen molar-refractivity contribution in [2.75, 3.05) is 17.2 Å². The van der Waals surface area contributed by atoms with Gasteiger partial charge in [0, 0.05) is 18.9 Å². The van der Waals surface area contributed by atoms with Crippen LogP contribution in [0, 0.1) is 0 Å². The first-order valence-electron chi connectivity index (χ1n) is 10.1. The second kappa shape index (κ2) is 8.80. The van der Waals surface area contributed by atoms with Crippen molar-refractivity contribution in [3.05, 3.63) is 75.6 Å². The Kier molecular flexibility index (Phi) is 5.91. The SMILES string of the molecule is CCCN(Cc1nn2ccc(Cl)c2c(=O)n1-c1ccccc1)c1nc(N)ncc1C(C)=O. The van der Waals surface area contributed by atoms with Crippen LogP contribution in [0.4, 0.5) is 11.8 Å². The van der Waals surface area contributed by atoms with E-state index < -0.39 is 0 Å². The van der Waals surface area contributed by atoms with E-state index in [4.69, 9.17) is 17.3 Å². The number of rotatable bonds is 7. The number of nitrogens with two attached hydrogens (primary N) is 1. The molecule has 0 amide bonds. The van der Waals surface area contributed by atoms with Crippen molar-refractivity contribution in [1.82, 2.24) is 24.1 Å². The highest BCUT2D eigenvalue weighted by Crippen LogP contribution is 2.23. The summed E-state index contributed by atoms with van der Waals surface area (Å²) in [5.74, 6) is 0.752. The Balaban J connectivity index is 1.92. The zero-order valence-corrected chi connectivity index (χ0v) is 18.5. The molecule has 0 atom stereocenters. The second-order valence-corrected chi connectivity index (χ2v) is 7.70. The number of nitrogen functional groups attached to an aromatic ring is 1. The van der Waals surface area contributed by atoms with Gasteiger partial charge in [-0.2, -0.15) is 10.1 Å². The van der Waals surface area contributed by atoms with E-state index in [0.29, 0.717) is 34.5 Å². The molecule has 0 unspecified atom stereocenters. The molecule has 4 rings (SSSR count). The van der Waals surface area contributed by atoms with Gasteiger partial charge in [0.25, 0.3) is 5.56 Å². The van der Waals surface area contributed by atoms with Crippen molar-refractivity contribution in [2.45, 2.75) is 26.8 Å². The molecule has 164 valence electrons. The fourth-order valence-corrected chi connectivity index (χ4v) is 3.82. The maximum atomic E-state index is 13.4. The molecule has 2 N–H and O–H groups in total. The molecule has 0 spiro atoms. The van der Waals surface area contributed by atoms with Crippen LogP contribution >= 0.6 is 11.6 Å². The quantitative estimate of drug-likeness (QED) is 0.429. The molecule has 3 heterocycles. The van der Waals surface area contributed by atoms with Gasteiger partial charge < -0.3 is 10.6 Å². The van der Waals surface area contributed by atoms with Crippen LogP contribution < -0.4 is 16.2 Å². The Morgan fingerprint density at radius 3 is 2.66 bits per heavy atom. The number of halogens is 1. The van der Waals surface area contributed by atoms with Gasteiger partial charge in [0.2, 0.25) is 5.95 Å². The van der Waals surface area contributed by atoms with Gasteiger partial charge in [0.05, 0.1) is 22.8 Å². The molecule has 0 aliphatic rings. The average molecular weight is 452 g/mol. The van der Waals surface area contributed by atoms with Crippen LogP contribution in [0.1, 0.15) is 36.5 Å². The number of carbonyl (C=O) groups excluding carboxylic acids is 1. The molecule has 10 heteroatoms. The van der Waals surface area contributed by atoms with Crippen LogP contribution in [0.5, 0.6) is 0 Å². The standard InChI is InChI=1S/C22H22ClN7O2/c1-3-10-28(20-16(14(2)31)12-25-22(24)26-20)13-18-27-29-11-9-17(23)19(29)21(32)30(18)15-7-5-4-6-8-15/h4-9,11-12H,3,10,13H2,1-2H3,(H2,24,25,26). The molecule has 0 saturated carbocycles. The molecule has 0 bridgehead atoms. The number of aromatic nitrogens is 5. The fraction of sp³-hybridized carbons (Fsp3) is 0.227. The molecular formula is C22H22ClN7O2. The zero-order chi connectivity index (χ0) is 22.8. The first-order valence-corrected chi connectivity index (χ1v) is 10.5. The third-order valence-corrected chi connectivity index (χ3v) is 5.32. The lowest BCUT2D eigenvalue weighted by Gasteiger charge is -2.26. The van der Waals surface area contributed by atoms with E-state index in [-0.39, 0.29) is 29.4 Å². The molecule has 32 heavy (non-hydrogen) atoms. The number of hydrogen-bond acceptors (Lipinski definition) is 7. The third-order valence-electron chi connectivity index (χ3n) is 5.01. The summed E-state index contributed by atoms with van der Waals surface area (Å²) in [6.07, 6.45) is 3.84. The predicted molar refractivity (Wildman–Crippen MR) is 124 cm³/mol. The van der Waals surface area contributed by atoms with Gasteiger partial charge in [-0.05, 0) is 31.5 Å². The van der Waals surface area contributed by atoms with Crippen LogP contribution in [0.15, 0.2) is 53.6 Å². The van der Waals surface area contributed by atoms with Gasteiger partial charge in [-0.25, -0.2) is 9.50 Å². The topological polar surface area (TPSA) is 111 Å². The zero-order valence-electron chi connectivity index (χ0n) is 17.7. The molecule has 9 nitrogen and oxygen atoms in total. The Hall–Kier alpha value is -3.72. The van der Waals surface area contributed by atoms with E-state index in [1.165, 1.54) is 22.2 Å². The number of benzene rings is 1. The second-order valence-electron chi connectivity index (χ2n) is 7.29. The summed E-state index contributed by atoms with van der Waals surface area (Å²) in [6.45, 7) is 4.23. The maximum Gasteiger partial charge on any atom is 0.284 e. The number of nitrogens with zero attached hydrogens (tertiary/aromatic N) is 6. The summed E-state index contributed by atoms with van der Waals surface area (Å²) < 4.78 is 3.01. The highest BCUT2D eigenvalue weighted by molar-refractivity contribution is 6.33. The molecule has 0 aliphatic carbocycles. The highest BCUT2D eigenvalue weighted by atomic mass is 35.5. The number of anilines is 2. The van der Waals surface area contributed by atoms with Crippen molar-refractivity contribution < 1.29 is 4.79 Å². The van der Waals surface area contributed by atoms with Crippen LogP contribution in [-0.2, 0) is 6.54 Å². The third kappa shape index (κ3) is 3.94. The van der Waals surface area contributed by atoms with E-state index >= 15 is 0 Å². The van der Waals surface area contributed by atoms with Gasteiger partial charge >= 0.3 is 0 Å². The van der Waals surface area contributed by atoms with E-state index in [9.17, 15) is 9.59 Å². The molecular weight excluding hydrogens is 430 g/mol. The lowest BCUT2D eigenvalue weighted by Crippen LogP contribution is -2.33. The summed E-state index contributed by atoms with van der Waals surface area (Å²) in [5.41, 5.74) is 6.84. The van der Waals surface area contributed by atoms with Gasteiger partial charge in [0.1, 0.15) is 11.3 Å². The lowest BCUT2D eigenvalue weighted by atomic mass is 10.2. The minimum absolute atomic E-state index is 0.0622. The van der Waals surface area contributed by atoms with Crippen molar-refractivity contribution >= 4 is 34.7 Å². The fourth-order valence-electron chi connectivity index (χ4n) is 3.60. The van der Waals surface area contributed by atoms with E-state index in [1.807, 2.05) is 42.2 Å². The predicted octanol–water partition coefficient (Wildman–Crippen LogP) is 3.13.